The number of hydrogen-bond donors (Lipinski definition) is 1. The Morgan fingerprint density at radius 1 is 1.41 bits per heavy atom. The number of rotatable bonds is 2. The van der Waals surface area contributed by atoms with E-state index in [2.05, 4.69) is 0 Å². The third kappa shape index (κ3) is 2.55. The average Bonchev–Trinajstić information content (AvgIpc) is 2.24. The van der Waals surface area contributed by atoms with Crippen LogP contribution in [0.15, 0.2) is 0 Å². The van der Waals surface area contributed by atoms with Crippen LogP contribution in [0.25, 0.3) is 0 Å². The van der Waals surface area contributed by atoms with Crippen molar-refractivity contribution in [3.8, 4) is 0 Å². The van der Waals surface area contributed by atoms with Crippen LogP contribution in [0.1, 0.15) is 52.9 Å². The van der Waals surface area contributed by atoms with Crippen LogP contribution in [-0.2, 0) is 9.53 Å². The summed E-state index contributed by atoms with van der Waals surface area (Å²) in [5.74, 6) is 0.0188. The van der Waals surface area contributed by atoms with E-state index in [9.17, 15) is 9.90 Å². The normalized spacial score (nSPS) is 29.8. The third-order valence-corrected chi connectivity index (χ3v) is 4.25. The number of carbonyl (C=O) groups is 1. The Balaban J connectivity index is 2.00. The van der Waals surface area contributed by atoms with E-state index in [1.165, 1.54) is 6.42 Å². The lowest BCUT2D eigenvalue weighted by atomic mass is 9.69. The van der Waals surface area contributed by atoms with Crippen molar-refractivity contribution in [2.75, 3.05) is 6.61 Å². The maximum atomic E-state index is 12.3. The van der Waals surface area contributed by atoms with Gasteiger partial charge in [-0.25, -0.2) is 0 Å². The van der Waals surface area contributed by atoms with Crippen LogP contribution in [0.3, 0.4) is 0 Å². The van der Waals surface area contributed by atoms with Gasteiger partial charge in [-0.2, -0.15) is 0 Å². The fraction of sp³-hybridized carbons (Fsp3) is 0.929. The van der Waals surface area contributed by atoms with Gasteiger partial charge in [0.1, 0.15) is 6.10 Å². The maximum absolute atomic E-state index is 12.3. The quantitative estimate of drug-likeness (QED) is 0.805. The molecule has 1 heterocycles. The lowest BCUT2D eigenvalue weighted by Crippen LogP contribution is -2.49. The molecule has 0 radical (unpaired) electrons. The van der Waals surface area contributed by atoms with Crippen molar-refractivity contribution in [1.29, 1.82) is 0 Å². The van der Waals surface area contributed by atoms with E-state index in [1.807, 2.05) is 20.8 Å². The van der Waals surface area contributed by atoms with Crippen LogP contribution < -0.4 is 0 Å². The van der Waals surface area contributed by atoms with Gasteiger partial charge in [0.05, 0.1) is 5.60 Å². The molecule has 1 saturated heterocycles. The van der Waals surface area contributed by atoms with Crippen molar-refractivity contribution in [2.45, 2.75) is 64.6 Å². The molecular formula is C14H24O3. The second kappa shape index (κ2) is 4.36. The van der Waals surface area contributed by atoms with E-state index < -0.39 is 6.10 Å². The molecule has 1 aliphatic heterocycles. The third-order valence-electron chi connectivity index (χ3n) is 4.25. The molecule has 0 amide bonds. The molecule has 1 aliphatic carbocycles. The predicted molar refractivity (Wildman–Crippen MR) is 65.7 cm³/mol. The molecular weight excluding hydrogens is 216 g/mol. The second-order valence-electron chi connectivity index (χ2n) is 6.75. The minimum absolute atomic E-state index is 0.00160. The molecule has 1 saturated carbocycles. The van der Waals surface area contributed by atoms with E-state index >= 15 is 0 Å². The van der Waals surface area contributed by atoms with Gasteiger partial charge in [0.25, 0.3) is 0 Å². The summed E-state index contributed by atoms with van der Waals surface area (Å²) in [4.78, 5) is 12.3. The molecule has 0 aromatic heterocycles. The average molecular weight is 240 g/mol. The van der Waals surface area contributed by atoms with Gasteiger partial charge in [-0.15, -0.1) is 0 Å². The van der Waals surface area contributed by atoms with E-state index in [-0.39, 0.29) is 22.7 Å². The topological polar surface area (TPSA) is 46.5 Å². The molecule has 2 unspecified atom stereocenters. The Morgan fingerprint density at radius 3 is 2.53 bits per heavy atom. The van der Waals surface area contributed by atoms with Crippen LogP contribution in [0.4, 0.5) is 0 Å². The minimum Gasteiger partial charge on any atom is -0.385 e. The first-order valence-electron chi connectivity index (χ1n) is 6.70. The summed E-state index contributed by atoms with van der Waals surface area (Å²) in [5, 5.41) is 10.1. The zero-order valence-electron chi connectivity index (χ0n) is 11.2. The Bertz CT molecular complexity index is 299. The maximum Gasteiger partial charge on any atom is 0.165 e. The largest absolute Gasteiger partial charge is 0.385 e. The summed E-state index contributed by atoms with van der Waals surface area (Å²) in [5.41, 5.74) is -0.377. The Morgan fingerprint density at radius 2 is 2.06 bits per heavy atom. The van der Waals surface area contributed by atoms with Crippen molar-refractivity contribution < 1.29 is 14.6 Å². The molecule has 0 aromatic carbocycles. The van der Waals surface area contributed by atoms with Gasteiger partial charge in [-0.05, 0) is 37.5 Å². The summed E-state index contributed by atoms with van der Waals surface area (Å²) in [7, 11) is 0. The molecule has 2 rings (SSSR count). The van der Waals surface area contributed by atoms with Crippen LogP contribution in [0, 0.1) is 11.3 Å². The minimum atomic E-state index is -0.845. The highest BCUT2D eigenvalue weighted by Crippen LogP contribution is 2.45. The molecule has 1 spiro atoms. The van der Waals surface area contributed by atoms with Gasteiger partial charge < -0.3 is 9.84 Å². The molecule has 0 bridgehead atoms. The Labute approximate surface area is 104 Å². The standard InChI is InChI=1S/C14H24O3/c1-13(2,3)12(16)11(15)10-5-8-17-14(9-10)6-4-7-14/h10,12,16H,4-9H2,1-3H3. The second-order valence-corrected chi connectivity index (χ2v) is 6.75. The van der Waals surface area contributed by atoms with Gasteiger partial charge in [-0.1, -0.05) is 20.8 Å². The lowest BCUT2D eigenvalue weighted by Gasteiger charge is -2.47. The SMILES string of the molecule is CC(C)(C)C(O)C(=O)C1CCOC2(CCC2)C1. The van der Waals surface area contributed by atoms with Gasteiger partial charge in [0.15, 0.2) is 5.78 Å². The highest BCUT2D eigenvalue weighted by atomic mass is 16.5. The molecule has 1 N–H and O–H groups in total. The van der Waals surface area contributed by atoms with Crippen molar-refractivity contribution in [1.82, 2.24) is 0 Å². The first kappa shape index (κ1) is 13.0. The van der Waals surface area contributed by atoms with Gasteiger partial charge >= 0.3 is 0 Å². The Hall–Kier alpha value is -0.410. The molecule has 0 aromatic rings. The van der Waals surface area contributed by atoms with E-state index in [0.29, 0.717) is 6.61 Å². The first-order chi connectivity index (χ1) is 7.84. The monoisotopic (exact) mass is 240 g/mol. The highest BCUT2D eigenvalue weighted by Gasteiger charge is 2.46. The summed E-state index contributed by atoms with van der Waals surface area (Å²) >= 11 is 0. The van der Waals surface area contributed by atoms with Crippen molar-refractivity contribution in [2.24, 2.45) is 11.3 Å². The van der Waals surface area contributed by atoms with Crippen molar-refractivity contribution >= 4 is 5.78 Å². The lowest BCUT2D eigenvalue weighted by molar-refractivity contribution is -0.163. The molecule has 3 heteroatoms. The zero-order chi connectivity index (χ0) is 12.7. The number of hydrogen-bond acceptors (Lipinski definition) is 3. The number of ether oxygens (including phenoxy) is 1. The number of Topliss-reactive ketones (excluding diaryl/α,β-unsaturated/α-hetero) is 1. The van der Waals surface area contributed by atoms with Crippen LogP contribution >= 0.6 is 0 Å². The van der Waals surface area contributed by atoms with Crippen molar-refractivity contribution in [3.05, 3.63) is 0 Å². The van der Waals surface area contributed by atoms with E-state index in [1.54, 1.807) is 0 Å². The molecule has 2 aliphatic rings. The fourth-order valence-electron chi connectivity index (χ4n) is 2.84. The molecule has 17 heavy (non-hydrogen) atoms. The van der Waals surface area contributed by atoms with Crippen LogP contribution in [0.2, 0.25) is 0 Å². The summed E-state index contributed by atoms with van der Waals surface area (Å²) in [6.45, 7) is 6.41. The zero-order valence-corrected chi connectivity index (χ0v) is 11.2. The number of aliphatic hydroxyl groups is 1. The van der Waals surface area contributed by atoms with Crippen LogP contribution in [-0.4, -0.2) is 29.2 Å². The number of carbonyl (C=O) groups excluding carboxylic acids is 1. The van der Waals surface area contributed by atoms with Gasteiger partial charge in [0.2, 0.25) is 0 Å². The van der Waals surface area contributed by atoms with Crippen molar-refractivity contribution in [3.63, 3.8) is 0 Å². The highest BCUT2D eigenvalue weighted by molar-refractivity contribution is 5.86. The molecule has 3 nitrogen and oxygen atoms in total. The van der Waals surface area contributed by atoms with Gasteiger partial charge in [-0.3, -0.25) is 4.79 Å². The number of ketones is 1. The smallest absolute Gasteiger partial charge is 0.165 e. The number of aliphatic hydroxyl groups excluding tert-OH is 1. The summed E-state index contributed by atoms with van der Waals surface area (Å²) in [6, 6.07) is 0. The van der Waals surface area contributed by atoms with E-state index in [0.717, 1.165) is 25.7 Å². The molecule has 98 valence electrons. The summed E-state index contributed by atoms with van der Waals surface area (Å²) in [6.07, 6.45) is 4.13. The first-order valence-corrected chi connectivity index (χ1v) is 6.70. The molecule has 2 fully saturated rings. The van der Waals surface area contributed by atoms with Crippen LogP contribution in [0.5, 0.6) is 0 Å². The van der Waals surface area contributed by atoms with Gasteiger partial charge in [0, 0.05) is 12.5 Å². The molecule has 2 atom stereocenters. The fourth-order valence-corrected chi connectivity index (χ4v) is 2.84. The summed E-state index contributed by atoms with van der Waals surface area (Å²) < 4.78 is 5.81. The predicted octanol–water partition coefficient (Wildman–Crippen LogP) is 2.31. The Kier molecular flexibility index (Phi) is 3.34. The van der Waals surface area contributed by atoms with E-state index in [4.69, 9.17) is 4.74 Å².